The van der Waals surface area contributed by atoms with Crippen LogP contribution in [-0.4, -0.2) is 24.9 Å². The minimum Gasteiger partial charge on any atom is -0.352 e. The van der Waals surface area contributed by atoms with Crippen molar-refractivity contribution < 1.29 is 9.59 Å². The molecule has 2 aromatic rings. The fourth-order valence-corrected chi connectivity index (χ4v) is 3.97. The van der Waals surface area contributed by atoms with Crippen molar-refractivity contribution in [2.45, 2.75) is 25.7 Å². The molecule has 0 aliphatic heterocycles. The molecule has 0 bridgehead atoms. The van der Waals surface area contributed by atoms with Gasteiger partial charge in [0.25, 0.3) is 11.8 Å². The van der Waals surface area contributed by atoms with Crippen molar-refractivity contribution in [3.8, 4) is 0 Å². The largest absolute Gasteiger partial charge is 0.352 e. The van der Waals surface area contributed by atoms with Crippen molar-refractivity contribution in [3.63, 3.8) is 0 Å². The molecule has 4 N–H and O–H groups in total. The van der Waals surface area contributed by atoms with Gasteiger partial charge in [0.15, 0.2) is 0 Å². The summed E-state index contributed by atoms with van der Waals surface area (Å²) in [5.41, 5.74) is 7.30. The van der Waals surface area contributed by atoms with Gasteiger partial charge in [-0.3, -0.25) is 9.59 Å². The average molecular weight is 400 g/mol. The van der Waals surface area contributed by atoms with Crippen LogP contribution in [0, 0.1) is 11.8 Å². The number of hydrogen-bond acceptors (Lipinski definition) is 3. The molecular weight excluding hydrogens is 374 g/mol. The van der Waals surface area contributed by atoms with Gasteiger partial charge >= 0.3 is 0 Å². The number of halogens is 1. The Labute approximate surface area is 170 Å². The molecule has 0 saturated heterocycles. The first kappa shape index (κ1) is 20.4. The highest BCUT2D eigenvalue weighted by molar-refractivity contribution is 6.34. The van der Waals surface area contributed by atoms with Gasteiger partial charge in [-0.25, -0.2) is 0 Å². The first-order chi connectivity index (χ1) is 13.6. The number of nitrogens with one attached hydrogen (secondary N) is 2. The number of anilines is 1. The van der Waals surface area contributed by atoms with Gasteiger partial charge in [0.1, 0.15) is 0 Å². The second kappa shape index (κ2) is 9.71. The van der Waals surface area contributed by atoms with E-state index in [1.807, 2.05) is 6.07 Å². The lowest BCUT2D eigenvalue weighted by Gasteiger charge is -2.28. The molecule has 0 heterocycles. The maximum absolute atomic E-state index is 12.5. The molecule has 28 heavy (non-hydrogen) atoms. The van der Waals surface area contributed by atoms with E-state index in [1.165, 1.54) is 12.8 Å². The summed E-state index contributed by atoms with van der Waals surface area (Å²) < 4.78 is 0. The van der Waals surface area contributed by atoms with E-state index in [-0.39, 0.29) is 11.8 Å². The summed E-state index contributed by atoms with van der Waals surface area (Å²) in [5.74, 6) is 0.614. The Morgan fingerprint density at radius 3 is 2.50 bits per heavy atom. The third kappa shape index (κ3) is 5.33. The SMILES string of the molecule is NCC1CCCC(CNC(=O)c2ccc(NC(=O)c3ccccc3)cc2Cl)C1. The summed E-state index contributed by atoms with van der Waals surface area (Å²) in [6.07, 6.45) is 4.53. The maximum atomic E-state index is 12.5. The monoisotopic (exact) mass is 399 g/mol. The molecule has 0 aromatic heterocycles. The van der Waals surface area contributed by atoms with Gasteiger partial charge in [-0.1, -0.05) is 36.2 Å². The van der Waals surface area contributed by atoms with Crippen LogP contribution in [0.15, 0.2) is 48.5 Å². The van der Waals surface area contributed by atoms with E-state index in [0.717, 1.165) is 12.8 Å². The zero-order chi connectivity index (χ0) is 19.9. The molecule has 2 unspecified atom stereocenters. The summed E-state index contributed by atoms with van der Waals surface area (Å²) >= 11 is 6.29. The van der Waals surface area contributed by atoms with Crippen molar-refractivity contribution in [2.24, 2.45) is 17.6 Å². The lowest BCUT2D eigenvalue weighted by atomic mass is 9.81. The third-order valence-electron chi connectivity index (χ3n) is 5.28. The van der Waals surface area contributed by atoms with E-state index in [0.29, 0.717) is 46.8 Å². The molecule has 2 atom stereocenters. The first-order valence-corrected chi connectivity index (χ1v) is 10.1. The molecule has 1 saturated carbocycles. The van der Waals surface area contributed by atoms with Gasteiger partial charge in [0.2, 0.25) is 0 Å². The zero-order valence-corrected chi connectivity index (χ0v) is 16.5. The van der Waals surface area contributed by atoms with E-state index >= 15 is 0 Å². The van der Waals surface area contributed by atoms with Crippen LogP contribution in [0.25, 0.3) is 0 Å². The number of amides is 2. The maximum Gasteiger partial charge on any atom is 0.255 e. The Balaban J connectivity index is 1.57. The molecule has 2 aromatic carbocycles. The Morgan fingerprint density at radius 1 is 1.04 bits per heavy atom. The molecule has 3 rings (SSSR count). The Hall–Kier alpha value is -2.37. The van der Waals surface area contributed by atoms with E-state index < -0.39 is 0 Å². The summed E-state index contributed by atoms with van der Waals surface area (Å²) in [7, 11) is 0. The van der Waals surface area contributed by atoms with Crippen molar-refractivity contribution in [2.75, 3.05) is 18.4 Å². The lowest BCUT2D eigenvalue weighted by molar-refractivity contribution is 0.0940. The van der Waals surface area contributed by atoms with Crippen LogP contribution in [0.4, 0.5) is 5.69 Å². The van der Waals surface area contributed by atoms with Gasteiger partial charge in [-0.15, -0.1) is 0 Å². The van der Waals surface area contributed by atoms with Crippen molar-refractivity contribution in [3.05, 3.63) is 64.7 Å². The summed E-state index contributed by atoms with van der Waals surface area (Å²) in [6.45, 7) is 1.35. The minimum atomic E-state index is -0.222. The lowest BCUT2D eigenvalue weighted by Crippen LogP contribution is -2.33. The highest BCUT2D eigenvalue weighted by atomic mass is 35.5. The number of benzene rings is 2. The second-order valence-corrected chi connectivity index (χ2v) is 7.77. The number of carbonyl (C=O) groups excluding carboxylic acids is 2. The Kier molecular flexibility index (Phi) is 7.06. The zero-order valence-electron chi connectivity index (χ0n) is 15.8. The number of hydrogen-bond donors (Lipinski definition) is 3. The van der Waals surface area contributed by atoms with Gasteiger partial charge < -0.3 is 16.4 Å². The standard InChI is InChI=1S/C22H26ClN3O2/c23-20-12-18(26-21(27)17-7-2-1-3-8-17)9-10-19(20)22(28)25-14-16-6-4-5-15(11-16)13-24/h1-3,7-10,12,15-16H,4-6,11,13-14,24H2,(H,25,28)(H,26,27). The molecule has 1 fully saturated rings. The molecule has 1 aliphatic carbocycles. The number of carbonyl (C=O) groups is 2. The quantitative estimate of drug-likeness (QED) is 0.684. The highest BCUT2D eigenvalue weighted by Gasteiger charge is 2.22. The smallest absolute Gasteiger partial charge is 0.255 e. The number of nitrogens with two attached hydrogens (primary N) is 1. The van der Waals surface area contributed by atoms with Crippen molar-refractivity contribution >= 4 is 29.1 Å². The topological polar surface area (TPSA) is 84.2 Å². The molecule has 1 aliphatic rings. The van der Waals surface area contributed by atoms with Crippen molar-refractivity contribution in [1.82, 2.24) is 5.32 Å². The Morgan fingerprint density at radius 2 is 1.79 bits per heavy atom. The summed E-state index contributed by atoms with van der Waals surface area (Å²) in [4.78, 5) is 24.7. The van der Waals surface area contributed by atoms with Crippen LogP contribution in [0.1, 0.15) is 46.4 Å². The second-order valence-electron chi connectivity index (χ2n) is 7.36. The van der Waals surface area contributed by atoms with Gasteiger partial charge in [-0.05, 0) is 68.0 Å². The fraction of sp³-hybridized carbons (Fsp3) is 0.364. The summed E-state index contributed by atoms with van der Waals surface area (Å²) in [5, 5.41) is 6.09. The van der Waals surface area contributed by atoms with Crippen LogP contribution in [-0.2, 0) is 0 Å². The molecule has 5 nitrogen and oxygen atoms in total. The molecule has 0 radical (unpaired) electrons. The molecule has 2 amide bonds. The van der Waals surface area contributed by atoms with Crippen LogP contribution in [0.3, 0.4) is 0 Å². The highest BCUT2D eigenvalue weighted by Crippen LogP contribution is 2.28. The molecular formula is C22H26ClN3O2. The molecule has 0 spiro atoms. The van der Waals surface area contributed by atoms with E-state index in [9.17, 15) is 9.59 Å². The van der Waals surface area contributed by atoms with E-state index in [1.54, 1.807) is 42.5 Å². The normalized spacial score (nSPS) is 19.1. The van der Waals surface area contributed by atoms with Crippen molar-refractivity contribution in [1.29, 1.82) is 0 Å². The van der Waals surface area contributed by atoms with Gasteiger partial charge in [-0.2, -0.15) is 0 Å². The predicted octanol–water partition coefficient (Wildman–Crippen LogP) is 4.09. The van der Waals surface area contributed by atoms with Crippen LogP contribution in [0.2, 0.25) is 5.02 Å². The first-order valence-electron chi connectivity index (χ1n) is 9.71. The number of rotatable bonds is 6. The van der Waals surface area contributed by atoms with Gasteiger partial charge in [0, 0.05) is 17.8 Å². The average Bonchev–Trinajstić information content (AvgIpc) is 2.73. The molecule has 6 heteroatoms. The summed E-state index contributed by atoms with van der Waals surface area (Å²) in [6, 6.07) is 13.9. The van der Waals surface area contributed by atoms with Crippen LogP contribution < -0.4 is 16.4 Å². The van der Waals surface area contributed by atoms with E-state index in [4.69, 9.17) is 17.3 Å². The van der Waals surface area contributed by atoms with Crippen LogP contribution >= 0.6 is 11.6 Å². The van der Waals surface area contributed by atoms with E-state index in [2.05, 4.69) is 10.6 Å². The Bertz CT molecular complexity index is 826. The van der Waals surface area contributed by atoms with Crippen LogP contribution in [0.5, 0.6) is 0 Å². The van der Waals surface area contributed by atoms with Gasteiger partial charge in [0.05, 0.1) is 10.6 Å². The minimum absolute atomic E-state index is 0.194. The fourth-order valence-electron chi connectivity index (χ4n) is 3.70. The third-order valence-corrected chi connectivity index (χ3v) is 5.60. The molecule has 148 valence electrons. The predicted molar refractivity (Wildman–Crippen MR) is 113 cm³/mol.